The Balaban J connectivity index is 1.48. The van der Waals surface area contributed by atoms with Gasteiger partial charge in [-0.3, -0.25) is 9.78 Å². The smallest absolute Gasteiger partial charge is 0.341 e. The van der Waals surface area contributed by atoms with Crippen LogP contribution in [-0.4, -0.2) is 51.7 Å². The number of ether oxygens (including phenoxy) is 1. The molecule has 0 saturated carbocycles. The molecule has 1 aliphatic heterocycles. The van der Waals surface area contributed by atoms with Gasteiger partial charge >= 0.3 is 5.97 Å². The SMILES string of the molecule is O=C(O)COc1cccc(C2(O)CCN(C(=O)c3ccnc4ccccc34)CC2)c1. The Labute approximate surface area is 173 Å². The summed E-state index contributed by atoms with van der Waals surface area (Å²) in [7, 11) is 0. The molecule has 7 heteroatoms. The first-order valence-electron chi connectivity index (χ1n) is 9.77. The van der Waals surface area contributed by atoms with Crippen LogP contribution in [0.25, 0.3) is 10.9 Å². The van der Waals surface area contributed by atoms with Gasteiger partial charge in [0.25, 0.3) is 5.91 Å². The number of likely N-dealkylation sites (tertiary alicyclic amines) is 1. The second kappa shape index (κ2) is 8.12. The van der Waals surface area contributed by atoms with Crippen LogP contribution >= 0.6 is 0 Å². The number of carbonyl (C=O) groups excluding carboxylic acids is 1. The van der Waals surface area contributed by atoms with Crippen molar-refractivity contribution in [3.63, 3.8) is 0 Å². The Kier molecular flexibility index (Phi) is 5.37. The predicted octanol–water partition coefficient (Wildman–Crippen LogP) is 2.82. The average Bonchev–Trinajstić information content (AvgIpc) is 2.77. The van der Waals surface area contributed by atoms with Gasteiger partial charge in [-0.05, 0) is 42.7 Å². The molecule has 1 aromatic heterocycles. The number of carboxylic acids is 1. The van der Waals surface area contributed by atoms with Crippen molar-refractivity contribution in [1.82, 2.24) is 9.88 Å². The maximum Gasteiger partial charge on any atom is 0.341 e. The van der Waals surface area contributed by atoms with Crippen LogP contribution in [0.1, 0.15) is 28.8 Å². The van der Waals surface area contributed by atoms with E-state index in [1.807, 2.05) is 24.3 Å². The van der Waals surface area contributed by atoms with E-state index in [4.69, 9.17) is 9.84 Å². The summed E-state index contributed by atoms with van der Waals surface area (Å²) in [5.41, 5.74) is 0.941. The van der Waals surface area contributed by atoms with E-state index in [2.05, 4.69) is 4.98 Å². The molecule has 1 amide bonds. The number of aromatic nitrogens is 1. The van der Waals surface area contributed by atoms with Gasteiger partial charge in [0.15, 0.2) is 6.61 Å². The summed E-state index contributed by atoms with van der Waals surface area (Å²) in [6.45, 7) is 0.377. The number of amides is 1. The fourth-order valence-corrected chi connectivity index (χ4v) is 3.84. The maximum atomic E-state index is 13.1. The monoisotopic (exact) mass is 406 g/mol. The summed E-state index contributed by atoms with van der Waals surface area (Å²) in [5.74, 6) is -0.742. The second-order valence-electron chi connectivity index (χ2n) is 7.41. The highest BCUT2D eigenvalue weighted by molar-refractivity contribution is 6.06. The number of pyridine rings is 1. The molecule has 0 spiro atoms. The topological polar surface area (TPSA) is 100.0 Å². The molecular weight excluding hydrogens is 384 g/mol. The normalized spacial score (nSPS) is 15.7. The molecule has 3 aromatic rings. The van der Waals surface area contributed by atoms with Crippen LogP contribution < -0.4 is 4.74 Å². The minimum atomic E-state index is -1.10. The highest BCUT2D eigenvalue weighted by atomic mass is 16.5. The number of para-hydroxylation sites is 1. The quantitative estimate of drug-likeness (QED) is 0.676. The van der Waals surface area contributed by atoms with Crippen LogP contribution in [0.3, 0.4) is 0 Å². The number of aliphatic hydroxyl groups is 1. The van der Waals surface area contributed by atoms with Crippen molar-refractivity contribution in [3.05, 3.63) is 71.9 Å². The number of piperidine rings is 1. The van der Waals surface area contributed by atoms with E-state index in [0.717, 1.165) is 10.9 Å². The molecule has 154 valence electrons. The van der Waals surface area contributed by atoms with Crippen molar-refractivity contribution in [1.29, 1.82) is 0 Å². The molecule has 0 radical (unpaired) electrons. The molecule has 2 N–H and O–H groups in total. The van der Waals surface area contributed by atoms with Gasteiger partial charge in [0.2, 0.25) is 0 Å². The van der Waals surface area contributed by atoms with Gasteiger partial charge in [0.05, 0.1) is 16.7 Å². The molecule has 2 heterocycles. The Bertz CT molecular complexity index is 1080. The molecule has 0 unspecified atom stereocenters. The predicted molar refractivity (Wildman–Crippen MR) is 110 cm³/mol. The van der Waals surface area contributed by atoms with Crippen LogP contribution in [-0.2, 0) is 10.4 Å². The molecule has 30 heavy (non-hydrogen) atoms. The van der Waals surface area contributed by atoms with Crippen molar-refractivity contribution in [2.45, 2.75) is 18.4 Å². The number of aliphatic carboxylic acids is 1. The largest absolute Gasteiger partial charge is 0.482 e. The van der Waals surface area contributed by atoms with Crippen molar-refractivity contribution in [2.75, 3.05) is 19.7 Å². The number of hydrogen-bond donors (Lipinski definition) is 2. The summed E-state index contributed by atoms with van der Waals surface area (Å²) in [4.78, 5) is 29.9. The lowest BCUT2D eigenvalue weighted by molar-refractivity contribution is -0.139. The van der Waals surface area contributed by atoms with Crippen molar-refractivity contribution >= 4 is 22.8 Å². The van der Waals surface area contributed by atoms with Gasteiger partial charge in [0.1, 0.15) is 5.75 Å². The Morgan fingerprint density at radius 2 is 1.83 bits per heavy atom. The van der Waals surface area contributed by atoms with E-state index in [0.29, 0.717) is 42.8 Å². The Morgan fingerprint density at radius 1 is 1.07 bits per heavy atom. The van der Waals surface area contributed by atoms with E-state index in [1.54, 1.807) is 41.4 Å². The van der Waals surface area contributed by atoms with Crippen LogP contribution in [0, 0.1) is 0 Å². The standard InChI is InChI=1S/C23H22N2O5/c26-21(27)15-30-17-5-3-4-16(14-17)23(29)9-12-25(13-10-23)22(28)19-8-11-24-20-7-2-1-6-18(19)20/h1-8,11,14,29H,9-10,12-13,15H2,(H,26,27). The molecule has 4 rings (SSSR count). The van der Waals surface area contributed by atoms with Gasteiger partial charge in [0, 0.05) is 24.7 Å². The Morgan fingerprint density at radius 3 is 2.60 bits per heavy atom. The highest BCUT2D eigenvalue weighted by Gasteiger charge is 2.36. The van der Waals surface area contributed by atoms with Gasteiger partial charge in [-0.15, -0.1) is 0 Å². The molecule has 1 aliphatic rings. The summed E-state index contributed by atoms with van der Waals surface area (Å²) < 4.78 is 5.22. The number of nitrogens with zero attached hydrogens (tertiary/aromatic N) is 2. The molecule has 0 atom stereocenters. The van der Waals surface area contributed by atoms with Crippen LogP contribution in [0.5, 0.6) is 5.75 Å². The second-order valence-corrected chi connectivity index (χ2v) is 7.41. The van der Waals surface area contributed by atoms with Gasteiger partial charge in [-0.1, -0.05) is 30.3 Å². The van der Waals surface area contributed by atoms with Gasteiger partial charge < -0.3 is 19.8 Å². The molecular formula is C23H22N2O5. The van der Waals surface area contributed by atoms with E-state index in [9.17, 15) is 14.7 Å². The summed E-state index contributed by atoms with van der Waals surface area (Å²) in [5, 5.41) is 20.7. The first-order chi connectivity index (χ1) is 14.5. The lowest BCUT2D eigenvalue weighted by Crippen LogP contribution is -2.45. The third-order valence-corrected chi connectivity index (χ3v) is 5.49. The van der Waals surface area contributed by atoms with E-state index in [-0.39, 0.29) is 5.91 Å². The number of carboxylic acid groups (broad SMARTS) is 1. The summed E-state index contributed by atoms with van der Waals surface area (Å²) in [6.07, 6.45) is 2.40. The number of rotatable bonds is 5. The zero-order valence-corrected chi connectivity index (χ0v) is 16.3. The van der Waals surface area contributed by atoms with Gasteiger partial charge in [-0.2, -0.15) is 0 Å². The number of carbonyl (C=O) groups is 2. The number of hydrogen-bond acceptors (Lipinski definition) is 5. The van der Waals surface area contributed by atoms with Crippen molar-refractivity contribution in [2.24, 2.45) is 0 Å². The lowest BCUT2D eigenvalue weighted by atomic mass is 9.84. The number of benzene rings is 2. The minimum absolute atomic E-state index is 0.0748. The minimum Gasteiger partial charge on any atom is -0.482 e. The first-order valence-corrected chi connectivity index (χ1v) is 9.77. The van der Waals surface area contributed by atoms with Crippen molar-refractivity contribution in [3.8, 4) is 5.75 Å². The van der Waals surface area contributed by atoms with Gasteiger partial charge in [-0.25, -0.2) is 4.79 Å². The van der Waals surface area contributed by atoms with E-state index in [1.165, 1.54) is 0 Å². The first kappa shape index (κ1) is 19.8. The third kappa shape index (κ3) is 3.97. The zero-order chi connectivity index (χ0) is 21.1. The van der Waals surface area contributed by atoms with Crippen LogP contribution in [0.4, 0.5) is 0 Å². The highest BCUT2D eigenvalue weighted by Crippen LogP contribution is 2.35. The summed E-state index contributed by atoms with van der Waals surface area (Å²) in [6, 6.07) is 16.1. The molecule has 2 aromatic carbocycles. The van der Waals surface area contributed by atoms with Crippen LogP contribution in [0.15, 0.2) is 60.8 Å². The fourth-order valence-electron chi connectivity index (χ4n) is 3.84. The fraction of sp³-hybridized carbons (Fsp3) is 0.261. The average molecular weight is 406 g/mol. The lowest BCUT2D eigenvalue weighted by Gasteiger charge is -2.38. The molecule has 0 aliphatic carbocycles. The van der Waals surface area contributed by atoms with E-state index < -0.39 is 18.2 Å². The molecule has 7 nitrogen and oxygen atoms in total. The summed E-state index contributed by atoms with van der Waals surface area (Å²) >= 11 is 0. The Hall–Kier alpha value is -3.45. The molecule has 0 bridgehead atoms. The van der Waals surface area contributed by atoms with E-state index >= 15 is 0 Å². The molecule has 1 fully saturated rings. The molecule has 1 saturated heterocycles. The zero-order valence-electron chi connectivity index (χ0n) is 16.3. The third-order valence-electron chi connectivity index (χ3n) is 5.49. The van der Waals surface area contributed by atoms with Crippen LogP contribution in [0.2, 0.25) is 0 Å². The number of fused-ring (bicyclic) bond motifs is 1. The van der Waals surface area contributed by atoms with Crippen molar-refractivity contribution < 1.29 is 24.5 Å². The maximum absolute atomic E-state index is 13.1.